The number of nitrogen functional groups attached to an aromatic ring is 1. The molecule has 2 rings (SSSR count). The van der Waals surface area contributed by atoms with Gasteiger partial charge in [-0.1, -0.05) is 0 Å². The van der Waals surface area contributed by atoms with Crippen molar-refractivity contribution in [3.8, 4) is 0 Å². The second-order valence-corrected chi connectivity index (χ2v) is 5.30. The highest BCUT2D eigenvalue weighted by atomic mass is 16.3. The average Bonchev–Trinajstić information content (AvgIpc) is 2.48. The first kappa shape index (κ1) is 12.7. The topological polar surface area (TPSA) is 73.2 Å². The summed E-state index contributed by atoms with van der Waals surface area (Å²) < 4.78 is 3.25. The minimum atomic E-state index is -0.790. The third-order valence-electron chi connectivity index (χ3n) is 3.12. The number of nitrogens with two attached hydrogens (primary N) is 1. The van der Waals surface area contributed by atoms with Crippen LogP contribution >= 0.6 is 0 Å². The van der Waals surface area contributed by atoms with Gasteiger partial charge < -0.3 is 10.8 Å². The number of aliphatic hydroxyl groups is 1. The van der Waals surface area contributed by atoms with Crippen LogP contribution in [0.2, 0.25) is 0 Å². The number of nitrogens with zero attached hydrogens (tertiary/aromatic N) is 2. The highest BCUT2D eigenvalue weighted by molar-refractivity contribution is 5.79. The minimum Gasteiger partial charge on any atom is -0.399 e. The predicted molar refractivity (Wildman–Crippen MR) is 72.5 cm³/mol. The van der Waals surface area contributed by atoms with Gasteiger partial charge in [0, 0.05) is 19.3 Å². The van der Waals surface area contributed by atoms with E-state index >= 15 is 0 Å². The standard InChI is InChI=1S/C13H19N3O2/c1-13(2,18)6-7-16-11-8-9(14)4-5-10(11)15(3)12(16)17/h4-5,8,18H,6-7,14H2,1-3H3. The number of imidazole rings is 1. The molecule has 1 aromatic carbocycles. The van der Waals surface area contributed by atoms with Crippen LogP contribution in [0.15, 0.2) is 23.0 Å². The number of aromatic nitrogens is 2. The molecule has 0 radical (unpaired) electrons. The second-order valence-electron chi connectivity index (χ2n) is 5.30. The van der Waals surface area contributed by atoms with Gasteiger partial charge in [-0.2, -0.15) is 0 Å². The Labute approximate surface area is 105 Å². The number of aryl methyl sites for hydroxylation is 2. The smallest absolute Gasteiger partial charge is 0.328 e. The summed E-state index contributed by atoms with van der Waals surface area (Å²) in [5.41, 5.74) is 7.18. The third kappa shape index (κ3) is 2.26. The Morgan fingerprint density at radius 3 is 2.61 bits per heavy atom. The number of anilines is 1. The fraction of sp³-hybridized carbons (Fsp3) is 0.462. The van der Waals surface area contributed by atoms with Gasteiger partial charge in [0.25, 0.3) is 0 Å². The van der Waals surface area contributed by atoms with E-state index in [1.165, 1.54) is 0 Å². The molecule has 0 atom stereocenters. The molecule has 5 heteroatoms. The third-order valence-corrected chi connectivity index (χ3v) is 3.12. The first-order valence-electron chi connectivity index (χ1n) is 5.97. The molecule has 5 nitrogen and oxygen atoms in total. The van der Waals surface area contributed by atoms with E-state index in [9.17, 15) is 9.90 Å². The van der Waals surface area contributed by atoms with Gasteiger partial charge in [0.1, 0.15) is 0 Å². The first-order valence-corrected chi connectivity index (χ1v) is 5.97. The molecule has 0 aliphatic carbocycles. The summed E-state index contributed by atoms with van der Waals surface area (Å²) in [6.07, 6.45) is 0.515. The molecule has 0 spiro atoms. The number of fused-ring (bicyclic) bond motifs is 1. The minimum absolute atomic E-state index is 0.0835. The van der Waals surface area contributed by atoms with Gasteiger partial charge in [0.05, 0.1) is 16.6 Å². The van der Waals surface area contributed by atoms with Crippen molar-refractivity contribution in [1.82, 2.24) is 9.13 Å². The number of hydrogen-bond donors (Lipinski definition) is 2. The first-order chi connectivity index (χ1) is 8.29. The molecule has 0 bridgehead atoms. The lowest BCUT2D eigenvalue weighted by Crippen LogP contribution is -2.27. The quantitative estimate of drug-likeness (QED) is 0.799. The molecule has 1 aromatic heterocycles. The van der Waals surface area contributed by atoms with Crippen LogP contribution in [0.5, 0.6) is 0 Å². The summed E-state index contributed by atoms with van der Waals surface area (Å²) >= 11 is 0. The number of hydrogen-bond acceptors (Lipinski definition) is 3. The van der Waals surface area contributed by atoms with Crippen LogP contribution in [-0.4, -0.2) is 19.8 Å². The molecule has 0 amide bonds. The molecule has 0 saturated carbocycles. The van der Waals surface area contributed by atoms with Crippen molar-refractivity contribution in [2.24, 2.45) is 7.05 Å². The van der Waals surface area contributed by atoms with Gasteiger partial charge >= 0.3 is 5.69 Å². The van der Waals surface area contributed by atoms with E-state index in [2.05, 4.69) is 0 Å². The molecular formula is C13H19N3O2. The monoisotopic (exact) mass is 249 g/mol. The van der Waals surface area contributed by atoms with E-state index in [1.807, 2.05) is 6.07 Å². The molecule has 2 aromatic rings. The Morgan fingerprint density at radius 1 is 1.33 bits per heavy atom. The molecular weight excluding hydrogens is 230 g/mol. The summed E-state index contributed by atoms with van der Waals surface area (Å²) in [5.74, 6) is 0. The average molecular weight is 249 g/mol. The Balaban J connectivity index is 2.52. The Kier molecular flexibility index (Phi) is 2.94. The van der Waals surface area contributed by atoms with Crippen molar-refractivity contribution < 1.29 is 5.11 Å². The zero-order valence-corrected chi connectivity index (χ0v) is 11.0. The number of benzene rings is 1. The molecule has 98 valence electrons. The molecule has 3 N–H and O–H groups in total. The SMILES string of the molecule is Cn1c(=O)n(CCC(C)(C)O)c2cc(N)ccc21. The van der Waals surface area contributed by atoms with Gasteiger partial charge in [-0.3, -0.25) is 9.13 Å². The van der Waals surface area contributed by atoms with Gasteiger partial charge in [-0.25, -0.2) is 4.79 Å². The molecule has 18 heavy (non-hydrogen) atoms. The second kappa shape index (κ2) is 4.17. The van der Waals surface area contributed by atoms with E-state index in [-0.39, 0.29) is 5.69 Å². The van der Waals surface area contributed by atoms with Gasteiger partial charge in [-0.15, -0.1) is 0 Å². The van der Waals surface area contributed by atoms with E-state index in [1.54, 1.807) is 42.2 Å². The lowest BCUT2D eigenvalue weighted by molar-refractivity contribution is 0.0662. The van der Waals surface area contributed by atoms with E-state index in [4.69, 9.17) is 5.73 Å². The number of rotatable bonds is 3. The Hall–Kier alpha value is -1.75. The van der Waals surface area contributed by atoms with Crippen molar-refractivity contribution >= 4 is 16.7 Å². The summed E-state index contributed by atoms with van der Waals surface area (Å²) in [4.78, 5) is 12.1. The molecule has 0 aliphatic rings. The Bertz CT molecular complexity index is 632. The normalized spacial score (nSPS) is 12.2. The van der Waals surface area contributed by atoms with Gasteiger partial charge in [-0.05, 0) is 38.5 Å². The molecule has 1 heterocycles. The van der Waals surface area contributed by atoms with Crippen molar-refractivity contribution in [2.75, 3.05) is 5.73 Å². The van der Waals surface area contributed by atoms with Crippen molar-refractivity contribution in [3.63, 3.8) is 0 Å². The molecule has 0 fully saturated rings. The zero-order chi connectivity index (χ0) is 13.5. The van der Waals surface area contributed by atoms with Crippen LogP contribution in [0.1, 0.15) is 20.3 Å². The highest BCUT2D eigenvalue weighted by Crippen LogP contribution is 2.17. The fourth-order valence-corrected chi connectivity index (χ4v) is 2.03. The van der Waals surface area contributed by atoms with Crippen LogP contribution in [0.4, 0.5) is 5.69 Å². The summed E-state index contributed by atoms with van der Waals surface area (Å²) in [6, 6.07) is 5.41. The van der Waals surface area contributed by atoms with Crippen LogP contribution in [0.25, 0.3) is 11.0 Å². The maximum absolute atomic E-state index is 12.1. The van der Waals surface area contributed by atoms with E-state index in [0.29, 0.717) is 18.7 Å². The van der Waals surface area contributed by atoms with Crippen LogP contribution < -0.4 is 11.4 Å². The molecule has 0 unspecified atom stereocenters. The Morgan fingerprint density at radius 2 is 2.00 bits per heavy atom. The largest absolute Gasteiger partial charge is 0.399 e. The van der Waals surface area contributed by atoms with Crippen molar-refractivity contribution in [1.29, 1.82) is 0 Å². The van der Waals surface area contributed by atoms with Gasteiger partial charge in [0.15, 0.2) is 0 Å². The van der Waals surface area contributed by atoms with Crippen molar-refractivity contribution in [3.05, 3.63) is 28.7 Å². The van der Waals surface area contributed by atoms with Crippen LogP contribution in [-0.2, 0) is 13.6 Å². The summed E-state index contributed by atoms with van der Waals surface area (Å²) in [7, 11) is 1.74. The fourth-order valence-electron chi connectivity index (χ4n) is 2.03. The molecule has 0 aliphatic heterocycles. The van der Waals surface area contributed by atoms with Crippen LogP contribution in [0, 0.1) is 0 Å². The molecule has 0 saturated heterocycles. The van der Waals surface area contributed by atoms with Gasteiger partial charge in [0.2, 0.25) is 0 Å². The van der Waals surface area contributed by atoms with Crippen LogP contribution in [0.3, 0.4) is 0 Å². The maximum Gasteiger partial charge on any atom is 0.328 e. The zero-order valence-electron chi connectivity index (χ0n) is 11.0. The summed E-state index contributed by atoms with van der Waals surface area (Å²) in [6.45, 7) is 3.94. The predicted octanol–water partition coefficient (Wildman–Crippen LogP) is 1.08. The summed E-state index contributed by atoms with van der Waals surface area (Å²) in [5, 5.41) is 9.76. The van der Waals surface area contributed by atoms with E-state index < -0.39 is 5.60 Å². The maximum atomic E-state index is 12.1. The highest BCUT2D eigenvalue weighted by Gasteiger charge is 2.16. The lowest BCUT2D eigenvalue weighted by Gasteiger charge is -2.16. The van der Waals surface area contributed by atoms with Crippen molar-refractivity contribution in [2.45, 2.75) is 32.4 Å². The lowest BCUT2D eigenvalue weighted by atomic mass is 10.1. The van der Waals surface area contributed by atoms with E-state index in [0.717, 1.165) is 11.0 Å².